The molecule has 83 heavy (non-hydrogen) atoms. The number of allylic oxidation sites excluding steroid dienone is 7. The molecule has 0 amide bonds. The Morgan fingerprint density at radius 3 is 2.02 bits per heavy atom. The van der Waals surface area contributed by atoms with Crippen molar-refractivity contribution >= 4 is 71.9 Å². The Labute approximate surface area is 482 Å². The van der Waals surface area contributed by atoms with E-state index < -0.39 is 0 Å². The van der Waals surface area contributed by atoms with Gasteiger partial charge in [-0.1, -0.05) is 198 Å². The molecule has 0 saturated heterocycles. The number of fused-ring (bicyclic) bond motifs is 14. The average molecular weight is 1070 g/mol. The van der Waals surface area contributed by atoms with Crippen molar-refractivity contribution in [1.29, 1.82) is 0 Å². The van der Waals surface area contributed by atoms with Gasteiger partial charge in [-0.2, -0.15) is 9.97 Å². The molecule has 6 nitrogen and oxygen atoms in total. The van der Waals surface area contributed by atoms with E-state index in [1.165, 1.54) is 68.5 Å². The third-order valence-electron chi connectivity index (χ3n) is 17.6. The van der Waals surface area contributed by atoms with Gasteiger partial charge in [-0.25, -0.2) is 4.98 Å². The second kappa shape index (κ2) is 19.1. The van der Waals surface area contributed by atoms with Gasteiger partial charge in [-0.15, -0.1) is 0 Å². The summed E-state index contributed by atoms with van der Waals surface area (Å²) in [5.74, 6) is 4.04. The van der Waals surface area contributed by atoms with Gasteiger partial charge in [-0.3, -0.25) is 4.57 Å². The van der Waals surface area contributed by atoms with Crippen LogP contribution in [0.5, 0.6) is 0 Å². The van der Waals surface area contributed by atoms with Crippen LogP contribution in [0.1, 0.15) is 80.9 Å². The van der Waals surface area contributed by atoms with Crippen molar-refractivity contribution in [3.63, 3.8) is 0 Å². The molecule has 4 aliphatic rings. The van der Waals surface area contributed by atoms with Gasteiger partial charge in [-0.05, 0) is 147 Å². The van der Waals surface area contributed by atoms with Crippen LogP contribution in [-0.2, 0) is 5.41 Å². The fourth-order valence-electron chi connectivity index (χ4n) is 13.4. The molecular formula is C77H58N4O2. The highest BCUT2D eigenvalue weighted by Crippen LogP contribution is 2.56. The van der Waals surface area contributed by atoms with Crippen molar-refractivity contribution in [2.45, 2.75) is 58.3 Å². The Morgan fingerprint density at radius 2 is 1.18 bits per heavy atom. The van der Waals surface area contributed by atoms with E-state index in [0.29, 0.717) is 29.4 Å². The topological polar surface area (TPSA) is 69.9 Å². The second-order valence-electron chi connectivity index (χ2n) is 23.3. The summed E-state index contributed by atoms with van der Waals surface area (Å²) < 4.78 is 15.1. The highest BCUT2D eigenvalue weighted by atomic mass is 16.3. The summed E-state index contributed by atoms with van der Waals surface area (Å²) >= 11 is 0. The van der Waals surface area contributed by atoms with Gasteiger partial charge in [0.05, 0.1) is 11.0 Å². The predicted molar refractivity (Wildman–Crippen MR) is 342 cm³/mol. The van der Waals surface area contributed by atoms with E-state index in [0.717, 1.165) is 94.7 Å². The van der Waals surface area contributed by atoms with Crippen LogP contribution in [0.25, 0.3) is 134 Å². The first-order valence-electron chi connectivity index (χ1n) is 29.3. The molecule has 0 radical (unpaired) electrons. The molecule has 13 aromatic rings. The van der Waals surface area contributed by atoms with Gasteiger partial charge >= 0.3 is 0 Å². The summed E-state index contributed by atoms with van der Waals surface area (Å²) in [4.78, 5) is 16.0. The molecule has 4 aromatic heterocycles. The van der Waals surface area contributed by atoms with E-state index >= 15 is 0 Å². The number of hydrogen-bond acceptors (Lipinski definition) is 5. The molecule has 2 atom stereocenters. The second-order valence-corrected chi connectivity index (χ2v) is 23.3. The van der Waals surface area contributed by atoms with Crippen LogP contribution in [0.15, 0.2) is 239 Å². The zero-order chi connectivity index (χ0) is 55.5. The summed E-state index contributed by atoms with van der Waals surface area (Å²) in [6.45, 7) is 9.05. The molecule has 2 unspecified atom stereocenters. The molecular weight excluding hydrogens is 1010 g/mol. The highest BCUT2D eigenvalue weighted by Gasteiger charge is 2.43. The number of nitrogens with zero attached hydrogens (tertiary/aromatic N) is 4. The Balaban J connectivity index is 0.00000185. The summed E-state index contributed by atoms with van der Waals surface area (Å²) in [5.41, 5.74) is 22.0. The molecule has 1 fully saturated rings. The molecule has 4 aliphatic carbocycles. The van der Waals surface area contributed by atoms with Crippen LogP contribution in [0, 0.1) is 5.92 Å². The van der Waals surface area contributed by atoms with Crippen LogP contribution in [-0.4, -0.2) is 19.5 Å². The van der Waals surface area contributed by atoms with Gasteiger partial charge < -0.3 is 8.83 Å². The van der Waals surface area contributed by atoms with Crippen LogP contribution in [0.4, 0.5) is 0 Å². The zero-order valence-corrected chi connectivity index (χ0v) is 46.8. The van der Waals surface area contributed by atoms with Crippen molar-refractivity contribution < 1.29 is 8.83 Å². The van der Waals surface area contributed by atoms with Gasteiger partial charge in [0.1, 0.15) is 22.5 Å². The first-order valence-corrected chi connectivity index (χ1v) is 29.3. The lowest BCUT2D eigenvalue weighted by Gasteiger charge is -2.23. The number of para-hydroxylation sites is 3. The first kappa shape index (κ1) is 49.0. The maximum Gasteiger partial charge on any atom is 0.238 e. The summed E-state index contributed by atoms with van der Waals surface area (Å²) in [6, 6.07) is 71.7. The quantitative estimate of drug-likeness (QED) is 0.159. The average Bonchev–Trinajstić information content (AvgIpc) is 3.21. The van der Waals surface area contributed by atoms with Crippen molar-refractivity contribution in [3.8, 4) is 62.1 Å². The Morgan fingerprint density at radius 1 is 0.506 bits per heavy atom. The minimum atomic E-state index is -0.255. The predicted octanol–water partition coefficient (Wildman–Crippen LogP) is 20.6. The van der Waals surface area contributed by atoms with Crippen molar-refractivity contribution in [3.05, 3.63) is 258 Å². The molecule has 6 heteroatoms. The number of furan rings is 2. The highest BCUT2D eigenvalue weighted by molar-refractivity contribution is 6.14. The molecule has 0 spiro atoms. The molecule has 17 rings (SSSR count). The SMILES string of the molecule is CC1(C)C2=CC(c3cc(-c4ccccc4)cc(-c4cccc5c6ccccc6n(-c6nc(-c7ccccc7)nc(-c7ccc8c(c7)oc7ccccc78)n6)c45)c3)=CCC=C2c2ccc(-c3ccc4oc5c(c4c3)C=CC3CC53)cc21.CCC. The maximum absolute atomic E-state index is 6.46. The fourth-order valence-corrected chi connectivity index (χ4v) is 13.4. The largest absolute Gasteiger partial charge is 0.460 e. The Hall–Kier alpha value is -9.91. The normalized spacial score (nSPS) is 16.4. The molecule has 0 aliphatic heterocycles. The van der Waals surface area contributed by atoms with Crippen LogP contribution < -0.4 is 0 Å². The van der Waals surface area contributed by atoms with E-state index in [1.54, 1.807) is 0 Å². The number of aromatic nitrogens is 4. The molecule has 398 valence electrons. The van der Waals surface area contributed by atoms with Gasteiger partial charge in [0.15, 0.2) is 11.6 Å². The molecule has 4 heterocycles. The number of benzene rings is 9. The van der Waals surface area contributed by atoms with Gasteiger partial charge in [0.2, 0.25) is 5.95 Å². The zero-order valence-electron chi connectivity index (χ0n) is 46.8. The smallest absolute Gasteiger partial charge is 0.238 e. The monoisotopic (exact) mass is 1070 g/mol. The third-order valence-corrected chi connectivity index (χ3v) is 17.6. The summed E-state index contributed by atoms with van der Waals surface area (Å²) in [7, 11) is 0. The molecule has 1 saturated carbocycles. The first-order chi connectivity index (χ1) is 40.8. The maximum atomic E-state index is 6.46. The summed E-state index contributed by atoms with van der Waals surface area (Å²) in [5, 5.41) is 5.57. The van der Waals surface area contributed by atoms with Gasteiger partial charge in [0.25, 0.3) is 0 Å². The molecule has 0 N–H and O–H groups in total. The van der Waals surface area contributed by atoms with E-state index in [4.69, 9.17) is 23.8 Å². The van der Waals surface area contributed by atoms with E-state index in [9.17, 15) is 0 Å². The number of hydrogen-bond donors (Lipinski definition) is 0. The van der Waals surface area contributed by atoms with E-state index in [1.807, 2.05) is 36.4 Å². The van der Waals surface area contributed by atoms with Crippen molar-refractivity contribution in [1.82, 2.24) is 19.5 Å². The van der Waals surface area contributed by atoms with Crippen LogP contribution in [0.3, 0.4) is 0 Å². The van der Waals surface area contributed by atoms with E-state index in [-0.39, 0.29) is 5.41 Å². The lowest BCUT2D eigenvalue weighted by Crippen LogP contribution is -2.15. The summed E-state index contributed by atoms with van der Waals surface area (Å²) in [6.07, 6.45) is 15.3. The minimum Gasteiger partial charge on any atom is -0.460 e. The Bertz CT molecular complexity index is 4950. The van der Waals surface area contributed by atoms with Crippen molar-refractivity contribution in [2.75, 3.05) is 0 Å². The number of rotatable bonds is 7. The lowest BCUT2D eigenvalue weighted by molar-refractivity contribution is 0.545. The van der Waals surface area contributed by atoms with Crippen molar-refractivity contribution in [2.24, 2.45) is 5.92 Å². The molecule has 0 bridgehead atoms. The van der Waals surface area contributed by atoms with Crippen LogP contribution >= 0.6 is 0 Å². The Kier molecular flexibility index (Phi) is 11.3. The standard InChI is InChI=1S/C74H50N4O2.C3H8/c1-74(2)63-40-45(19-13-23-54(63)55-31-27-47(41-64(55)74)46-30-34-67-62(38-46)60-33-28-48-39-61(48)70(60)80-67)51-35-50(43-15-5-3-6-16-43)36-52(37-51)53-22-14-24-59-56-20-9-11-25-65(56)78(69(53)59)73-76-71(44-17-7-4-8-18-44)75-72(77-73)49-29-32-58-57-21-10-12-26-66(57)79-68(58)42-49;1-3-2/h3-12,14-38,40-42,48,61H,13,39H2,1-2H3;3H2,1-2H3. The lowest BCUT2D eigenvalue weighted by atomic mass is 9.80. The van der Waals surface area contributed by atoms with Crippen LogP contribution in [0.2, 0.25) is 0 Å². The van der Waals surface area contributed by atoms with Gasteiger partial charge in [0, 0.05) is 60.5 Å². The third kappa shape index (κ3) is 8.02. The van der Waals surface area contributed by atoms with E-state index in [2.05, 4.69) is 226 Å². The fraction of sp³-hybridized carbons (Fsp3) is 0.130. The minimum absolute atomic E-state index is 0.255. The molecule has 9 aromatic carbocycles.